The van der Waals surface area contributed by atoms with E-state index in [1.165, 1.54) is 30.7 Å². The maximum absolute atomic E-state index is 15.2. The number of ether oxygens (including phenoxy) is 1. The lowest BCUT2D eigenvalue weighted by molar-refractivity contribution is 0.0943. The van der Waals surface area contributed by atoms with Crippen LogP contribution in [0.4, 0.5) is 20.3 Å². The van der Waals surface area contributed by atoms with E-state index in [9.17, 15) is 9.18 Å². The zero-order valence-corrected chi connectivity index (χ0v) is 24.7. The van der Waals surface area contributed by atoms with Crippen LogP contribution in [-0.2, 0) is 6.42 Å². The molecule has 3 N–H and O–H groups in total. The van der Waals surface area contributed by atoms with Gasteiger partial charge in [0, 0.05) is 48.1 Å². The van der Waals surface area contributed by atoms with Crippen molar-refractivity contribution in [3.05, 3.63) is 90.1 Å². The summed E-state index contributed by atoms with van der Waals surface area (Å²) in [6.07, 6.45) is 10.3. The van der Waals surface area contributed by atoms with Crippen LogP contribution in [0.5, 0.6) is 11.8 Å². The first kappa shape index (κ1) is 30.8. The molecular formula is C31H31ClF2N8O2. The number of halogens is 3. The fraction of sp³-hybridized carbons (Fsp3) is 0.258. The van der Waals surface area contributed by atoms with E-state index >= 15 is 4.39 Å². The molecule has 1 saturated heterocycles. The molecular weight excluding hydrogens is 590 g/mol. The van der Waals surface area contributed by atoms with Crippen molar-refractivity contribution in [1.82, 2.24) is 35.0 Å². The van der Waals surface area contributed by atoms with Gasteiger partial charge in [-0.3, -0.25) is 9.20 Å². The summed E-state index contributed by atoms with van der Waals surface area (Å²) in [6.45, 7) is 4.63. The zero-order chi connectivity index (χ0) is 29.8. The number of piperidine rings is 1. The monoisotopic (exact) mass is 620 g/mol. The number of hydrogen-bond donors (Lipinski definition) is 3. The molecule has 5 aromatic rings. The minimum absolute atomic E-state index is 0. The molecule has 228 valence electrons. The quantitative estimate of drug-likeness (QED) is 0.192. The first-order valence-electron chi connectivity index (χ1n) is 14.2. The summed E-state index contributed by atoms with van der Waals surface area (Å²) in [4.78, 5) is 29.6. The number of hydrogen-bond acceptors (Lipinski definition) is 8. The Kier molecular flexibility index (Phi) is 9.61. The Morgan fingerprint density at radius 3 is 2.61 bits per heavy atom. The van der Waals surface area contributed by atoms with Crippen molar-refractivity contribution in [1.29, 1.82) is 0 Å². The number of aromatic nitrogens is 5. The topological polar surface area (TPSA) is 118 Å². The highest BCUT2D eigenvalue weighted by Gasteiger charge is 2.21. The number of fused-ring (bicyclic) bond motifs is 1. The number of nitrogens with one attached hydrogen (secondary N) is 3. The van der Waals surface area contributed by atoms with Crippen molar-refractivity contribution in [3.8, 4) is 23.0 Å². The van der Waals surface area contributed by atoms with Crippen molar-refractivity contribution < 1.29 is 18.3 Å². The van der Waals surface area contributed by atoms with Gasteiger partial charge >= 0.3 is 6.01 Å². The van der Waals surface area contributed by atoms with Crippen molar-refractivity contribution >= 4 is 35.5 Å². The smallest absolute Gasteiger partial charge is 0.321 e. The Balaban J connectivity index is 0.00000384. The third-order valence-corrected chi connectivity index (χ3v) is 7.50. The third-order valence-electron chi connectivity index (χ3n) is 7.50. The van der Waals surface area contributed by atoms with Gasteiger partial charge in [-0.25, -0.2) is 24.3 Å². The fourth-order valence-electron chi connectivity index (χ4n) is 5.19. The van der Waals surface area contributed by atoms with Crippen LogP contribution in [0.25, 0.3) is 16.9 Å². The molecule has 0 saturated carbocycles. The van der Waals surface area contributed by atoms with Crippen molar-refractivity contribution in [3.63, 3.8) is 0 Å². The lowest BCUT2D eigenvalue weighted by Crippen LogP contribution is -2.36. The van der Waals surface area contributed by atoms with Crippen molar-refractivity contribution in [2.45, 2.75) is 26.2 Å². The average Bonchev–Trinajstić information content (AvgIpc) is 3.48. The Hall–Kier alpha value is -4.68. The summed E-state index contributed by atoms with van der Waals surface area (Å²) < 4.78 is 37.2. The van der Waals surface area contributed by atoms with E-state index < -0.39 is 11.6 Å². The largest absolute Gasteiger partial charge is 0.421 e. The number of carbonyl (C=O) groups is 1. The Morgan fingerprint density at radius 1 is 1.05 bits per heavy atom. The molecule has 1 amide bonds. The van der Waals surface area contributed by atoms with E-state index in [2.05, 4.69) is 35.9 Å². The molecule has 0 aliphatic carbocycles. The second-order valence-corrected chi connectivity index (χ2v) is 10.2. The minimum Gasteiger partial charge on any atom is -0.421 e. The highest BCUT2D eigenvalue weighted by Crippen LogP contribution is 2.33. The minimum atomic E-state index is -1.17. The van der Waals surface area contributed by atoms with E-state index in [1.54, 1.807) is 28.9 Å². The predicted molar refractivity (Wildman–Crippen MR) is 165 cm³/mol. The Morgan fingerprint density at radius 2 is 1.84 bits per heavy atom. The molecule has 0 atom stereocenters. The van der Waals surface area contributed by atoms with Crippen LogP contribution in [0.2, 0.25) is 0 Å². The SMILES string of the molecule is CCc1cc(Nc2nccn3c(-c4ccc(Oc5ncccn5)c(F)c4F)cnc23)ccc1C(=O)NCC1CCNCC1.Cl. The van der Waals surface area contributed by atoms with E-state index in [1.807, 2.05) is 19.1 Å². The number of aryl methyl sites for hydroxylation is 1. The van der Waals surface area contributed by atoms with Gasteiger partial charge < -0.3 is 20.7 Å². The van der Waals surface area contributed by atoms with Gasteiger partial charge in [0.05, 0.1) is 11.9 Å². The first-order valence-corrected chi connectivity index (χ1v) is 14.2. The summed E-state index contributed by atoms with van der Waals surface area (Å²) in [7, 11) is 0. The normalized spacial score (nSPS) is 13.3. The van der Waals surface area contributed by atoms with Crippen LogP contribution in [0.1, 0.15) is 35.7 Å². The van der Waals surface area contributed by atoms with E-state index in [0.717, 1.165) is 37.2 Å². The summed E-state index contributed by atoms with van der Waals surface area (Å²) >= 11 is 0. The van der Waals surface area contributed by atoms with E-state index in [0.29, 0.717) is 41.6 Å². The van der Waals surface area contributed by atoms with Gasteiger partial charge in [-0.15, -0.1) is 12.4 Å². The molecule has 2 aromatic carbocycles. The second-order valence-electron chi connectivity index (χ2n) is 10.2. The molecule has 13 heteroatoms. The van der Waals surface area contributed by atoms with Gasteiger partial charge in [-0.1, -0.05) is 6.92 Å². The van der Waals surface area contributed by atoms with Gasteiger partial charge in [-0.2, -0.15) is 4.39 Å². The summed E-state index contributed by atoms with van der Waals surface area (Å²) in [6, 6.07) is 9.76. The van der Waals surface area contributed by atoms with Gasteiger partial charge in [-0.05, 0) is 80.2 Å². The second kappa shape index (κ2) is 13.7. The molecule has 0 spiro atoms. The number of carbonyl (C=O) groups excluding carboxylic acids is 1. The van der Waals surface area contributed by atoms with Crippen molar-refractivity contribution in [2.75, 3.05) is 25.0 Å². The van der Waals surface area contributed by atoms with Crippen LogP contribution >= 0.6 is 12.4 Å². The number of rotatable bonds is 9. The van der Waals surface area contributed by atoms with Gasteiger partial charge in [0.25, 0.3) is 5.91 Å². The van der Waals surface area contributed by atoms with Gasteiger partial charge in [0.15, 0.2) is 23.0 Å². The third kappa shape index (κ3) is 6.46. The maximum atomic E-state index is 15.2. The van der Waals surface area contributed by atoms with E-state index in [-0.39, 0.29) is 35.6 Å². The molecule has 3 aromatic heterocycles. The molecule has 1 aliphatic heterocycles. The number of amides is 1. The Bertz CT molecular complexity index is 1760. The number of benzene rings is 2. The number of nitrogens with zero attached hydrogens (tertiary/aromatic N) is 5. The first-order chi connectivity index (χ1) is 21.0. The average molecular weight is 621 g/mol. The molecule has 1 aliphatic rings. The van der Waals surface area contributed by atoms with Gasteiger partial charge in [0.1, 0.15) is 0 Å². The van der Waals surface area contributed by atoms with Gasteiger partial charge in [0.2, 0.25) is 5.82 Å². The number of imidazole rings is 1. The van der Waals surface area contributed by atoms with Crippen molar-refractivity contribution in [2.24, 2.45) is 5.92 Å². The van der Waals surface area contributed by atoms with Crippen LogP contribution in [0, 0.1) is 17.6 Å². The Labute approximate surface area is 258 Å². The zero-order valence-electron chi connectivity index (χ0n) is 23.9. The lowest BCUT2D eigenvalue weighted by atomic mass is 9.97. The molecule has 4 heterocycles. The lowest BCUT2D eigenvalue weighted by Gasteiger charge is -2.23. The highest BCUT2D eigenvalue weighted by molar-refractivity contribution is 5.96. The maximum Gasteiger partial charge on any atom is 0.321 e. The van der Waals surface area contributed by atoms with Crippen LogP contribution < -0.4 is 20.7 Å². The summed E-state index contributed by atoms with van der Waals surface area (Å²) in [5.41, 5.74) is 2.99. The summed E-state index contributed by atoms with van der Waals surface area (Å²) in [5.74, 6) is -1.77. The number of anilines is 2. The molecule has 10 nitrogen and oxygen atoms in total. The van der Waals surface area contributed by atoms with Crippen LogP contribution in [-0.4, -0.2) is 49.9 Å². The molecule has 0 radical (unpaired) electrons. The molecule has 0 bridgehead atoms. The molecule has 0 unspecified atom stereocenters. The highest BCUT2D eigenvalue weighted by atomic mass is 35.5. The summed E-state index contributed by atoms with van der Waals surface area (Å²) in [5, 5.41) is 9.70. The predicted octanol–water partition coefficient (Wildman–Crippen LogP) is 5.71. The van der Waals surface area contributed by atoms with E-state index in [4.69, 9.17) is 4.74 Å². The standard InChI is InChI=1S/C31H30F2N8O2.ClH/c1-2-20-16-21(4-5-22(20)30(42)39-17-19-8-12-34-13-9-19)40-28-29-38-18-24(41(29)15-14-35-28)23-6-7-25(27(33)26(23)32)43-31-36-10-3-11-37-31;/h3-7,10-11,14-16,18-19,34H,2,8-9,12-13,17H2,1H3,(H,35,40)(H,39,42);1H. The fourth-order valence-corrected chi connectivity index (χ4v) is 5.19. The van der Waals surface area contributed by atoms with Crippen LogP contribution in [0.15, 0.2) is 67.4 Å². The molecule has 44 heavy (non-hydrogen) atoms. The molecule has 1 fully saturated rings. The van der Waals surface area contributed by atoms with Crippen LogP contribution in [0.3, 0.4) is 0 Å². The molecule has 6 rings (SSSR count).